The van der Waals surface area contributed by atoms with Gasteiger partial charge in [0, 0.05) is 6.08 Å². The number of benzene rings is 3. The fourth-order valence-electron chi connectivity index (χ4n) is 3.49. The van der Waals surface area contributed by atoms with Crippen molar-refractivity contribution in [1.82, 2.24) is 14.9 Å². The fraction of sp³-hybridized carbons (Fsp3) is 0.120. The second-order valence-electron chi connectivity index (χ2n) is 6.94. The van der Waals surface area contributed by atoms with Crippen molar-refractivity contribution < 1.29 is 4.79 Å². The minimum atomic E-state index is -0.139. The minimum absolute atomic E-state index is 0.107. The van der Waals surface area contributed by atoms with Crippen molar-refractivity contribution >= 4 is 23.0 Å². The zero-order valence-corrected chi connectivity index (χ0v) is 16.3. The molecule has 1 atom stereocenters. The summed E-state index contributed by atoms with van der Waals surface area (Å²) < 4.78 is 2.20. The molecule has 4 heteroatoms. The highest BCUT2D eigenvalue weighted by Crippen LogP contribution is 2.26. The van der Waals surface area contributed by atoms with Crippen LogP contribution in [0.15, 0.2) is 91.0 Å². The topological polar surface area (TPSA) is 46.9 Å². The van der Waals surface area contributed by atoms with Crippen molar-refractivity contribution in [2.45, 2.75) is 19.5 Å². The molecule has 4 nitrogen and oxygen atoms in total. The van der Waals surface area contributed by atoms with E-state index in [1.165, 1.54) is 5.56 Å². The molecular weight excluding hydrogens is 358 g/mol. The quantitative estimate of drug-likeness (QED) is 0.479. The number of amides is 1. The number of fused-ring (bicyclic) bond motifs is 1. The van der Waals surface area contributed by atoms with Gasteiger partial charge in [0.25, 0.3) is 0 Å². The lowest BCUT2D eigenvalue weighted by Crippen LogP contribution is -2.23. The molecule has 1 heterocycles. The molecule has 1 unspecified atom stereocenters. The Morgan fingerprint density at radius 2 is 1.62 bits per heavy atom. The van der Waals surface area contributed by atoms with Crippen LogP contribution in [-0.4, -0.2) is 15.5 Å². The number of hydrogen-bond acceptors (Lipinski definition) is 2. The van der Waals surface area contributed by atoms with Gasteiger partial charge in [-0.2, -0.15) is 0 Å². The number of nitrogens with one attached hydrogen (secondary N) is 1. The van der Waals surface area contributed by atoms with Gasteiger partial charge in [-0.25, -0.2) is 4.98 Å². The molecule has 144 valence electrons. The maximum absolute atomic E-state index is 12.3. The lowest BCUT2D eigenvalue weighted by Gasteiger charge is -2.18. The van der Waals surface area contributed by atoms with Crippen molar-refractivity contribution in [3.05, 3.63) is 108 Å². The Morgan fingerprint density at radius 1 is 0.966 bits per heavy atom. The molecule has 0 aliphatic heterocycles. The van der Waals surface area contributed by atoms with Gasteiger partial charge >= 0.3 is 0 Å². The lowest BCUT2D eigenvalue weighted by atomic mass is 10.1. The molecule has 1 N–H and O–H groups in total. The summed E-state index contributed by atoms with van der Waals surface area (Å²) in [5, 5.41) is 2.97. The van der Waals surface area contributed by atoms with Crippen LogP contribution in [0.5, 0.6) is 0 Å². The van der Waals surface area contributed by atoms with Crippen molar-refractivity contribution in [2.75, 3.05) is 0 Å². The fourth-order valence-corrected chi connectivity index (χ4v) is 3.49. The van der Waals surface area contributed by atoms with Crippen LogP contribution in [0.3, 0.4) is 0 Å². The van der Waals surface area contributed by atoms with E-state index in [1.54, 1.807) is 6.08 Å². The van der Waals surface area contributed by atoms with E-state index in [-0.39, 0.29) is 11.9 Å². The first kappa shape index (κ1) is 18.7. The van der Waals surface area contributed by atoms with Gasteiger partial charge < -0.3 is 9.88 Å². The third kappa shape index (κ3) is 4.27. The minimum Gasteiger partial charge on any atom is -0.345 e. The summed E-state index contributed by atoms with van der Waals surface area (Å²) in [7, 11) is 0. The molecule has 0 saturated carbocycles. The highest BCUT2D eigenvalue weighted by molar-refractivity contribution is 5.91. The zero-order valence-electron chi connectivity index (χ0n) is 16.3. The highest BCUT2D eigenvalue weighted by atomic mass is 16.1. The molecule has 1 amide bonds. The monoisotopic (exact) mass is 381 g/mol. The molecule has 4 aromatic rings. The number of carbonyl (C=O) groups excluding carboxylic acids is 1. The lowest BCUT2D eigenvalue weighted by molar-refractivity contribution is -0.116. The van der Waals surface area contributed by atoms with Crippen LogP contribution in [0.25, 0.3) is 17.1 Å². The van der Waals surface area contributed by atoms with Gasteiger partial charge in [0.15, 0.2) is 0 Å². The first-order valence-corrected chi connectivity index (χ1v) is 9.74. The van der Waals surface area contributed by atoms with Gasteiger partial charge in [0.1, 0.15) is 5.82 Å². The Morgan fingerprint density at radius 3 is 2.38 bits per heavy atom. The van der Waals surface area contributed by atoms with Crippen LogP contribution in [0.2, 0.25) is 0 Å². The van der Waals surface area contributed by atoms with Crippen LogP contribution >= 0.6 is 0 Å². The molecule has 0 bridgehead atoms. The van der Waals surface area contributed by atoms with Gasteiger partial charge in [-0.1, -0.05) is 72.8 Å². The third-order valence-electron chi connectivity index (χ3n) is 4.99. The molecule has 0 saturated heterocycles. The van der Waals surface area contributed by atoms with E-state index >= 15 is 0 Å². The summed E-state index contributed by atoms with van der Waals surface area (Å²) in [5.41, 5.74) is 4.19. The Kier molecular flexibility index (Phi) is 5.52. The number of nitrogens with zero attached hydrogens (tertiary/aromatic N) is 2. The van der Waals surface area contributed by atoms with Gasteiger partial charge in [-0.05, 0) is 36.3 Å². The summed E-state index contributed by atoms with van der Waals surface area (Å²) in [6.07, 6.45) is 3.37. The first-order chi connectivity index (χ1) is 14.2. The zero-order chi connectivity index (χ0) is 20.1. The number of para-hydroxylation sites is 2. The molecule has 29 heavy (non-hydrogen) atoms. The molecule has 3 aromatic carbocycles. The normalized spacial score (nSPS) is 12.3. The van der Waals surface area contributed by atoms with E-state index in [9.17, 15) is 4.79 Å². The summed E-state index contributed by atoms with van der Waals surface area (Å²) in [5.74, 6) is 0.698. The van der Waals surface area contributed by atoms with Crippen LogP contribution in [0.1, 0.15) is 29.9 Å². The van der Waals surface area contributed by atoms with Gasteiger partial charge in [0.05, 0.1) is 23.6 Å². The largest absolute Gasteiger partial charge is 0.345 e. The van der Waals surface area contributed by atoms with Crippen molar-refractivity contribution in [3.63, 3.8) is 0 Å². The molecule has 4 rings (SSSR count). The Labute approximate surface area is 170 Å². The van der Waals surface area contributed by atoms with Gasteiger partial charge in [0.2, 0.25) is 5.91 Å². The number of rotatable bonds is 6. The van der Waals surface area contributed by atoms with Crippen molar-refractivity contribution in [3.8, 4) is 0 Å². The van der Waals surface area contributed by atoms with E-state index in [4.69, 9.17) is 4.98 Å². The first-order valence-electron chi connectivity index (χ1n) is 9.74. The second-order valence-corrected chi connectivity index (χ2v) is 6.94. The smallest absolute Gasteiger partial charge is 0.244 e. The molecule has 0 radical (unpaired) electrons. The van der Waals surface area contributed by atoms with Crippen LogP contribution in [0.4, 0.5) is 0 Å². The number of imidazole rings is 1. The highest BCUT2D eigenvalue weighted by Gasteiger charge is 2.17. The number of carbonyl (C=O) groups is 1. The van der Waals surface area contributed by atoms with Gasteiger partial charge in [-0.15, -0.1) is 0 Å². The third-order valence-corrected chi connectivity index (χ3v) is 4.99. The van der Waals surface area contributed by atoms with Crippen LogP contribution in [-0.2, 0) is 11.3 Å². The molecule has 0 fully saturated rings. The molecule has 0 aliphatic carbocycles. The van der Waals surface area contributed by atoms with Crippen LogP contribution < -0.4 is 5.32 Å². The average molecular weight is 381 g/mol. The summed E-state index contributed by atoms with van der Waals surface area (Å²) in [6, 6.07) is 28.3. The molecule has 0 spiro atoms. The summed E-state index contributed by atoms with van der Waals surface area (Å²) in [6.45, 7) is 2.52. The Hall–Kier alpha value is -3.66. The van der Waals surface area contributed by atoms with E-state index in [0.29, 0.717) is 6.54 Å². The predicted octanol–water partition coefficient (Wildman–Crippen LogP) is 4.98. The summed E-state index contributed by atoms with van der Waals surface area (Å²) in [4.78, 5) is 17.1. The number of aromatic nitrogens is 2. The van der Waals surface area contributed by atoms with E-state index in [1.807, 2.05) is 72.8 Å². The standard InChI is InChI=1S/C25H23N3O/c1-19(21-12-6-3-7-13-21)28-23-15-9-8-14-22(23)27-24(28)18-26-25(29)17-16-20-10-4-2-5-11-20/h2-17,19H,18H2,1H3,(H,26,29)/b17-16-. The van der Waals surface area contributed by atoms with E-state index < -0.39 is 0 Å². The Bertz CT molecular complexity index is 1130. The summed E-state index contributed by atoms with van der Waals surface area (Å²) >= 11 is 0. The maximum Gasteiger partial charge on any atom is 0.244 e. The van der Waals surface area contributed by atoms with Gasteiger partial charge in [-0.3, -0.25) is 4.79 Å². The van der Waals surface area contributed by atoms with E-state index in [2.05, 4.69) is 35.0 Å². The van der Waals surface area contributed by atoms with Crippen molar-refractivity contribution in [2.24, 2.45) is 0 Å². The molecule has 1 aromatic heterocycles. The molecular formula is C25H23N3O. The average Bonchev–Trinajstić information content (AvgIpc) is 3.15. The second kappa shape index (κ2) is 8.57. The molecule has 0 aliphatic rings. The number of hydrogen-bond donors (Lipinski definition) is 1. The van der Waals surface area contributed by atoms with E-state index in [0.717, 1.165) is 22.4 Å². The predicted molar refractivity (Wildman–Crippen MR) is 117 cm³/mol. The SMILES string of the molecule is CC(c1ccccc1)n1c(CNC(=O)/C=C\c2ccccc2)nc2ccccc21. The Balaban J connectivity index is 1.57. The van der Waals surface area contributed by atoms with Crippen molar-refractivity contribution in [1.29, 1.82) is 0 Å². The maximum atomic E-state index is 12.3. The van der Waals surface area contributed by atoms with Crippen LogP contribution in [0, 0.1) is 0 Å².